The van der Waals surface area contributed by atoms with Gasteiger partial charge in [0.05, 0.1) is 27.4 Å². The minimum Gasteiger partial charge on any atom is -0.504 e. The molecular formula is C24H32FO6P2+. The third-order valence-electron chi connectivity index (χ3n) is 5.82. The molecule has 2 unspecified atom stereocenters. The van der Waals surface area contributed by atoms with Crippen molar-refractivity contribution >= 4 is 23.2 Å². The highest BCUT2D eigenvalue weighted by Crippen LogP contribution is 2.39. The Morgan fingerprint density at radius 3 is 2.58 bits per heavy atom. The van der Waals surface area contributed by atoms with Crippen molar-refractivity contribution in [2.45, 2.75) is 31.4 Å². The smallest absolute Gasteiger partial charge is 0.344 e. The summed E-state index contributed by atoms with van der Waals surface area (Å²) in [6.45, 7) is 0.485. The van der Waals surface area contributed by atoms with Crippen molar-refractivity contribution in [3.8, 4) is 23.0 Å². The molecule has 1 saturated heterocycles. The molecule has 1 fully saturated rings. The van der Waals surface area contributed by atoms with E-state index < -0.39 is 17.6 Å². The number of halogens is 1. The number of cyclic esters (lactones) is 1. The van der Waals surface area contributed by atoms with Crippen LogP contribution in [0, 0.1) is 5.92 Å². The molecule has 0 saturated carbocycles. The minimum absolute atomic E-state index is 0.00128. The fraction of sp³-hybridized carbons (Fsp3) is 0.458. The van der Waals surface area contributed by atoms with Crippen LogP contribution in [0.25, 0.3) is 0 Å². The number of carbonyl (C=O) groups excluding carboxylic acids is 1. The van der Waals surface area contributed by atoms with E-state index in [1.807, 2.05) is 15.0 Å². The number of carbonyl (C=O) groups is 1. The highest BCUT2D eigenvalue weighted by atomic mass is 32.0. The molecule has 4 atom stereocenters. The summed E-state index contributed by atoms with van der Waals surface area (Å²) in [6, 6.07) is 10.1. The van der Waals surface area contributed by atoms with E-state index >= 15 is 4.39 Å². The molecule has 33 heavy (non-hydrogen) atoms. The van der Waals surface area contributed by atoms with E-state index in [9.17, 15) is 9.90 Å². The predicted octanol–water partition coefficient (Wildman–Crippen LogP) is 4.44. The van der Waals surface area contributed by atoms with E-state index in [0.29, 0.717) is 35.8 Å². The van der Waals surface area contributed by atoms with Crippen LogP contribution in [0.3, 0.4) is 0 Å². The van der Waals surface area contributed by atoms with E-state index in [0.717, 1.165) is 26.7 Å². The van der Waals surface area contributed by atoms with Crippen LogP contribution < -0.4 is 14.2 Å². The number of hydrogen-bond acceptors (Lipinski definition) is 6. The molecule has 9 heteroatoms. The van der Waals surface area contributed by atoms with Gasteiger partial charge in [0.2, 0.25) is 5.67 Å². The van der Waals surface area contributed by atoms with E-state index in [4.69, 9.17) is 18.9 Å². The third kappa shape index (κ3) is 6.28. The lowest BCUT2D eigenvalue weighted by Crippen LogP contribution is -2.39. The Hall–Kier alpha value is -2.10. The fourth-order valence-electron chi connectivity index (χ4n) is 3.94. The maximum atomic E-state index is 16.1. The molecule has 0 aliphatic carbocycles. The van der Waals surface area contributed by atoms with Gasteiger partial charge in [0, 0.05) is 20.6 Å². The molecule has 0 amide bonds. The Kier molecular flexibility index (Phi) is 9.17. The first-order valence-corrected chi connectivity index (χ1v) is 14.5. The van der Waals surface area contributed by atoms with Gasteiger partial charge in [-0.25, -0.2) is 9.18 Å². The Morgan fingerprint density at radius 1 is 1.12 bits per heavy atom. The second-order valence-electron chi connectivity index (χ2n) is 8.09. The average molecular weight is 497 g/mol. The number of methoxy groups -OCH3 is 2. The highest BCUT2D eigenvalue weighted by molar-refractivity contribution is 8.02. The molecule has 2 aromatic rings. The number of alkyl halides is 1. The van der Waals surface area contributed by atoms with Crippen LogP contribution >= 0.6 is 17.2 Å². The Bertz CT molecular complexity index is 957. The number of phenolic OH excluding ortho intramolecular Hbond substituents is 1. The van der Waals surface area contributed by atoms with Crippen LogP contribution in [0.4, 0.5) is 4.39 Å². The largest absolute Gasteiger partial charge is 0.504 e. The standard InChI is InChI=1S/C24H31FO6P2/c1-28-20-8-6-16(12-22(20)29-2)11-18-15-31-23(27)24(18,25)14-17-5-7-19(26)21(13-17)30-9-3-4-10-33-32/h5-8,12-13,18,26,33H,3-4,9-11,14-15,32H2,1-2H3/p+1/t18-,24-/m0/s1. The summed E-state index contributed by atoms with van der Waals surface area (Å²) in [4.78, 5) is 12.4. The van der Waals surface area contributed by atoms with Gasteiger partial charge in [-0.1, -0.05) is 12.1 Å². The Morgan fingerprint density at radius 2 is 1.85 bits per heavy atom. The first-order valence-electron chi connectivity index (χ1n) is 10.9. The maximum absolute atomic E-state index is 16.1. The molecule has 180 valence electrons. The summed E-state index contributed by atoms with van der Waals surface area (Å²) >= 11 is 0. The summed E-state index contributed by atoms with van der Waals surface area (Å²) in [7, 11) is 6.00. The zero-order valence-electron chi connectivity index (χ0n) is 19.1. The first-order chi connectivity index (χ1) is 15.9. The van der Waals surface area contributed by atoms with Crippen molar-refractivity contribution in [2.75, 3.05) is 33.6 Å². The van der Waals surface area contributed by atoms with Gasteiger partial charge in [-0.2, -0.15) is 0 Å². The third-order valence-corrected chi connectivity index (χ3v) is 7.59. The van der Waals surface area contributed by atoms with Gasteiger partial charge in [0.1, 0.15) is 0 Å². The lowest BCUT2D eigenvalue weighted by atomic mass is 9.82. The van der Waals surface area contributed by atoms with E-state index in [2.05, 4.69) is 0 Å². The quantitative estimate of drug-likeness (QED) is 0.266. The zero-order chi connectivity index (χ0) is 23.8. The van der Waals surface area contributed by atoms with Crippen molar-refractivity contribution in [3.63, 3.8) is 0 Å². The summed E-state index contributed by atoms with van der Waals surface area (Å²) in [6.07, 6.45) is 3.28. The van der Waals surface area contributed by atoms with Crippen LogP contribution in [0.1, 0.15) is 24.0 Å². The Labute approximate surface area is 198 Å². The molecule has 3 rings (SSSR count). The molecular weight excluding hydrogens is 465 g/mol. The van der Waals surface area contributed by atoms with Crippen LogP contribution in [0.5, 0.6) is 23.0 Å². The van der Waals surface area contributed by atoms with Crippen molar-refractivity contribution in [2.24, 2.45) is 5.92 Å². The molecule has 0 spiro atoms. The summed E-state index contributed by atoms with van der Waals surface area (Å²) < 4.78 is 37.5. The molecule has 0 radical (unpaired) electrons. The molecule has 0 bridgehead atoms. The Balaban J connectivity index is 1.73. The number of unbranched alkanes of at least 4 members (excludes halogenated alkanes) is 1. The monoisotopic (exact) mass is 497 g/mol. The van der Waals surface area contributed by atoms with Gasteiger partial charge in [-0.15, -0.1) is 0 Å². The zero-order valence-corrected chi connectivity index (χ0v) is 21.5. The van der Waals surface area contributed by atoms with Gasteiger partial charge < -0.3 is 24.1 Å². The lowest BCUT2D eigenvalue weighted by molar-refractivity contribution is -0.148. The number of ether oxygens (including phenoxy) is 4. The van der Waals surface area contributed by atoms with Crippen LogP contribution in [0.15, 0.2) is 36.4 Å². The second kappa shape index (κ2) is 11.9. The van der Waals surface area contributed by atoms with E-state index in [-0.39, 0.29) is 18.8 Å². The number of phenols is 1. The van der Waals surface area contributed by atoms with Crippen molar-refractivity contribution in [3.05, 3.63) is 47.5 Å². The average Bonchev–Trinajstić information content (AvgIpc) is 3.08. The topological polar surface area (TPSA) is 74.2 Å². The molecule has 1 heterocycles. The molecule has 2 aromatic carbocycles. The maximum Gasteiger partial charge on any atom is 0.344 e. The first kappa shape index (κ1) is 25.5. The normalized spacial score (nSPS) is 20.3. The minimum atomic E-state index is -2.18. The number of benzene rings is 2. The van der Waals surface area contributed by atoms with Crippen LogP contribution in [0.2, 0.25) is 0 Å². The van der Waals surface area contributed by atoms with Crippen molar-refractivity contribution in [1.82, 2.24) is 0 Å². The summed E-state index contributed by atoms with van der Waals surface area (Å²) in [5.41, 5.74) is -0.789. The molecule has 1 aliphatic heterocycles. The van der Waals surface area contributed by atoms with Crippen LogP contribution in [-0.4, -0.2) is 50.3 Å². The number of hydrogen-bond donors (Lipinski definition) is 1. The predicted molar refractivity (Wildman–Crippen MR) is 132 cm³/mol. The number of esters is 1. The van der Waals surface area contributed by atoms with Crippen LogP contribution in [-0.2, 0) is 22.4 Å². The lowest BCUT2D eigenvalue weighted by Gasteiger charge is -2.23. The molecule has 1 aliphatic rings. The van der Waals surface area contributed by atoms with Crippen molar-refractivity contribution < 1.29 is 33.2 Å². The van der Waals surface area contributed by atoms with Gasteiger partial charge in [0.15, 0.2) is 23.0 Å². The SMILES string of the molecule is COc1ccc(C[C@H]2COC(=O)[C@]2(F)Cc2ccc(O)c(OCCCCP[PH3+])c2)cc1OC. The molecule has 6 nitrogen and oxygen atoms in total. The van der Waals surface area contributed by atoms with Gasteiger partial charge in [-0.3, -0.25) is 0 Å². The number of rotatable bonds is 12. The van der Waals surface area contributed by atoms with Gasteiger partial charge in [-0.05, 0) is 69.7 Å². The fourth-order valence-corrected chi connectivity index (χ4v) is 5.19. The van der Waals surface area contributed by atoms with E-state index in [1.54, 1.807) is 31.4 Å². The summed E-state index contributed by atoms with van der Waals surface area (Å²) in [5, 5.41) is 10.1. The highest BCUT2D eigenvalue weighted by Gasteiger charge is 2.53. The van der Waals surface area contributed by atoms with Gasteiger partial charge in [0.25, 0.3) is 0 Å². The van der Waals surface area contributed by atoms with Gasteiger partial charge >= 0.3 is 5.97 Å². The van der Waals surface area contributed by atoms with E-state index in [1.165, 1.54) is 19.3 Å². The summed E-state index contributed by atoms with van der Waals surface area (Å²) in [5.74, 6) is -0.0777. The van der Waals surface area contributed by atoms with Crippen molar-refractivity contribution in [1.29, 1.82) is 0 Å². The second-order valence-corrected chi connectivity index (χ2v) is 10.6. The number of aromatic hydroxyl groups is 1. The molecule has 1 N–H and O–H groups in total. The molecule has 0 aromatic heterocycles.